The number of hydrogen-bond acceptors (Lipinski definition) is 3. The molecule has 3 N–H and O–H groups in total. The van der Waals surface area contributed by atoms with E-state index < -0.39 is 22.7 Å². The van der Waals surface area contributed by atoms with E-state index in [9.17, 15) is 13.0 Å². The predicted octanol–water partition coefficient (Wildman–Crippen LogP) is 4.88. The maximum atomic E-state index is 11.1. The molecule has 0 saturated heterocycles. The third-order valence-electron chi connectivity index (χ3n) is 4.33. The molecule has 2 atom stereocenters. The third kappa shape index (κ3) is 13.6. The predicted molar refractivity (Wildman–Crippen MR) is 102 cm³/mol. The van der Waals surface area contributed by atoms with Gasteiger partial charge in [-0.05, 0) is 39.0 Å². The summed E-state index contributed by atoms with van der Waals surface area (Å²) in [5, 5.41) is 0. The Morgan fingerprint density at radius 1 is 0.960 bits per heavy atom. The SMILES string of the molecule is CC(C)=CCC[C@@H](C)CCCCCCCCC(P(=O)(O)O)S(=O)(=O)O. The minimum atomic E-state index is -4.83. The standard InChI is InChI=1S/C17H35O6PS/c1-15(2)11-10-13-16(3)12-8-6-4-5-7-9-14-17(24(18,19)20)25(21,22)23/h11,16-17H,4-10,12-14H2,1-3H3,(H2,18,19,20)(H,21,22,23)/t16-,17?/m0/s1. The van der Waals surface area contributed by atoms with Crippen LogP contribution in [0.25, 0.3) is 0 Å². The van der Waals surface area contributed by atoms with Crippen molar-refractivity contribution in [2.75, 3.05) is 0 Å². The highest BCUT2D eigenvalue weighted by molar-refractivity contribution is 7.93. The van der Waals surface area contributed by atoms with Crippen molar-refractivity contribution in [3.8, 4) is 0 Å². The van der Waals surface area contributed by atoms with Crippen LogP contribution < -0.4 is 0 Å². The van der Waals surface area contributed by atoms with Gasteiger partial charge in [-0.2, -0.15) is 8.42 Å². The van der Waals surface area contributed by atoms with Crippen LogP contribution in [-0.2, 0) is 14.7 Å². The van der Waals surface area contributed by atoms with E-state index in [2.05, 4.69) is 26.8 Å². The molecule has 1 unspecified atom stereocenters. The second-order valence-corrected chi connectivity index (χ2v) is 11.0. The quantitative estimate of drug-likeness (QED) is 0.166. The molecular formula is C17H35O6PS. The van der Waals surface area contributed by atoms with Crippen LogP contribution in [0.3, 0.4) is 0 Å². The van der Waals surface area contributed by atoms with Crippen molar-refractivity contribution in [2.45, 2.75) is 90.0 Å². The summed E-state index contributed by atoms with van der Waals surface area (Å²) < 4.78 is 42.1. The molecule has 8 heteroatoms. The van der Waals surface area contributed by atoms with Crippen LogP contribution in [0.15, 0.2) is 11.6 Å². The Labute approximate surface area is 153 Å². The van der Waals surface area contributed by atoms with Crippen molar-refractivity contribution in [1.29, 1.82) is 0 Å². The van der Waals surface area contributed by atoms with Crippen molar-refractivity contribution < 1.29 is 27.3 Å². The van der Waals surface area contributed by atoms with Crippen molar-refractivity contribution >= 4 is 17.7 Å². The summed E-state index contributed by atoms with van der Waals surface area (Å²) in [7, 11) is -9.55. The van der Waals surface area contributed by atoms with Gasteiger partial charge in [-0.15, -0.1) is 0 Å². The van der Waals surface area contributed by atoms with Crippen molar-refractivity contribution in [2.24, 2.45) is 5.92 Å². The molecule has 6 nitrogen and oxygen atoms in total. The number of rotatable bonds is 14. The van der Waals surface area contributed by atoms with E-state index in [0.717, 1.165) is 31.6 Å². The molecule has 0 aromatic carbocycles. The van der Waals surface area contributed by atoms with Crippen LogP contribution in [0.1, 0.15) is 85.0 Å². The highest BCUT2D eigenvalue weighted by atomic mass is 32.2. The van der Waals surface area contributed by atoms with Gasteiger partial charge in [-0.25, -0.2) is 0 Å². The molecule has 0 fully saturated rings. The first kappa shape index (κ1) is 24.8. The maximum absolute atomic E-state index is 11.1. The Morgan fingerprint density at radius 3 is 1.88 bits per heavy atom. The smallest absolute Gasteiger partial charge is 0.323 e. The largest absolute Gasteiger partial charge is 0.346 e. The lowest BCUT2D eigenvalue weighted by molar-refractivity contribution is 0.359. The molecule has 0 aliphatic carbocycles. The van der Waals surface area contributed by atoms with Crippen molar-refractivity contribution in [1.82, 2.24) is 0 Å². The monoisotopic (exact) mass is 398 g/mol. The molecule has 0 aliphatic heterocycles. The number of allylic oxidation sites excluding steroid dienone is 2. The Kier molecular flexibility index (Phi) is 12.1. The fourth-order valence-corrected chi connectivity index (χ4v) is 5.18. The van der Waals surface area contributed by atoms with Gasteiger partial charge in [-0.3, -0.25) is 9.12 Å². The first-order chi connectivity index (χ1) is 11.4. The van der Waals surface area contributed by atoms with Gasteiger partial charge < -0.3 is 9.79 Å². The summed E-state index contributed by atoms with van der Waals surface area (Å²) in [4.78, 5) is 16.0. The van der Waals surface area contributed by atoms with Crippen LogP contribution in [0.5, 0.6) is 0 Å². The molecule has 0 heterocycles. The van der Waals surface area contributed by atoms with Gasteiger partial charge in [0.25, 0.3) is 10.1 Å². The molecule has 0 spiro atoms. The zero-order valence-corrected chi connectivity index (χ0v) is 17.4. The van der Waals surface area contributed by atoms with Gasteiger partial charge in [-0.1, -0.05) is 63.5 Å². The van der Waals surface area contributed by atoms with Crippen LogP contribution in [0, 0.1) is 5.92 Å². The first-order valence-electron chi connectivity index (χ1n) is 9.09. The first-order valence-corrected chi connectivity index (χ1v) is 12.3. The van der Waals surface area contributed by atoms with E-state index in [0.29, 0.717) is 12.8 Å². The number of hydrogen-bond donors (Lipinski definition) is 3. The Balaban J connectivity index is 3.77. The normalized spacial score (nSPS) is 15.0. The zero-order valence-electron chi connectivity index (χ0n) is 15.7. The number of unbranched alkanes of at least 4 members (excludes halogenated alkanes) is 5. The van der Waals surface area contributed by atoms with Gasteiger partial charge in [0.15, 0.2) is 4.99 Å². The summed E-state index contributed by atoms with van der Waals surface area (Å²) >= 11 is 0. The lowest BCUT2D eigenvalue weighted by atomic mass is 9.97. The van der Waals surface area contributed by atoms with Crippen LogP contribution >= 0.6 is 7.60 Å². The van der Waals surface area contributed by atoms with E-state index in [1.165, 1.54) is 24.8 Å². The van der Waals surface area contributed by atoms with E-state index in [1.54, 1.807) is 0 Å². The van der Waals surface area contributed by atoms with Crippen LogP contribution in [0.4, 0.5) is 0 Å². The van der Waals surface area contributed by atoms with Crippen molar-refractivity contribution in [3.05, 3.63) is 11.6 Å². The Bertz CT molecular complexity index is 533. The Hall–Kier alpha value is -0.200. The van der Waals surface area contributed by atoms with Crippen molar-refractivity contribution in [3.63, 3.8) is 0 Å². The Morgan fingerprint density at radius 2 is 1.44 bits per heavy atom. The molecule has 0 aliphatic rings. The van der Waals surface area contributed by atoms with E-state index >= 15 is 0 Å². The summed E-state index contributed by atoms with van der Waals surface area (Å²) in [5.41, 5.74) is 1.36. The van der Waals surface area contributed by atoms with Crippen LogP contribution in [0.2, 0.25) is 0 Å². The van der Waals surface area contributed by atoms with E-state index in [-0.39, 0.29) is 6.42 Å². The highest BCUT2D eigenvalue weighted by Crippen LogP contribution is 2.46. The summed E-state index contributed by atoms with van der Waals surface area (Å²) in [6.45, 7) is 6.50. The zero-order chi connectivity index (χ0) is 19.5. The highest BCUT2D eigenvalue weighted by Gasteiger charge is 2.38. The fraction of sp³-hybridized carbons (Fsp3) is 0.882. The summed E-state index contributed by atoms with van der Waals surface area (Å²) in [6, 6.07) is 0. The second-order valence-electron chi connectivity index (χ2n) is 7.22. The minimum absolute atomic E-state index is 0.204. The summed E-state index contributed by atoms with van der Waals surface area (Å²) in [6.07, 6.45) is 11.0. The molecule has 0 aromatic heterocycles. The summed E-state index contributed by atoms with van der Waals surface area (Å²) in [5.74, 6) is 0.717. The average Bonchev–Trinajstić information content (AvgIpc) is 2.42. The second kappa shape index (κ2) is 12.2. The molecule has 0 radical (unpaired) electrons. The van der Waals surface area contributed by atoms with Gasteiger partial charge in [0.1, 0.15) is 0 Å². The van der Waals surface area contributed by atoms with E-state index in [4.69, 9.17) is 14.3 Å². The molecular weight excluding hydrogens is 363 g/mol. The topological polar surface area (TPSA) is 112 Å². The maximum Gasteiger partial charge on any atom is 0.346 e. The van der Waals surface area contributed by atoms with Gasteiger partial charge in [0.2, 0.25) is 0 Å². The fourth-order valence-electron chi connectivity index (χ4n) is 2.81. The lowest BCUT2D eigenvalue weighted by Gasteiger charge is -2.15. The molecule has 0 aromatic rings. The molecule has 150 valence electrons. The van der Waals surface area contributed by atoms with Gasteiger partial charge >= 0.3 is 7.60 Å². The van der Waals surface area contributed by atoms with Crippen LogP contribution in [-0.4, -0.2) is 27.7 Å². The third-order valence-corrected chi connectivity index (χ3v) is 7.88. The average molecular weight is 399 g/mol. The molecule has 0 rings (SSSR count). The van der Waals surface area contributed by atoms with Gasteiger partial charge in [0.05, 0.1) is 0 Å². The molecule has 0 bridgehead atoms. The minimum Gasteiger partial charge on any atom is -0.323 e. The van der Waals surface area contributed by atoms with E-state index in [1.807, 2.05) is 0 Å². The molecule has 25 heavy (non-hydrogen) atoms. The molecule has 0 saturated carbocycles. The molecule has 0 amide bonds. The lowest BCUT2D eigenvalue weighted by Crippen LogP contribution is -2.20. The van der Waals surface area contributed by atoms with Gasteiger partial charge in [0, 0.05) is 0 Å².